The first-order valence-electron chi connectivity index (χ1n) is 8.42. The van der Waals surface area contributed by atoms with E-state index in [0.29, 0.717) is 18.8 Å². The number of carbonyl (C=O) groups excluding carboxylic acids is 1. The van der Waals surface area contributed by atoms with Crippen molar-refractivity contribution in [3.8, 4) is 11.3 Å². The Kier molecular flexibility index (Phi) is 4.37. The summed E-state index contributed by atoms with van der Waals surface area (Å²) >= 11 is 0. The number of pyridine rings is 1. The highest BCUT2D eigenvalue weighted by Crippen LogP contribution is 2.22. The van der Waals surface area contributed by atoms with Crippen LogP contribution in [-0.2, 0) is 0 Å². The van der Waals surface area contributed by atoms with E-state index in [1.807, 2.05) is 12.1 Å². The Hall–Kier alpha value is -3.55. The Morgan fingerprint density at radius 1 is 1.07 bits per heavy atom. The summed E-state index contributed by atoms with van der Waals surface area (Å²) in [4.78, 5) is 29.9. The molecule has 7 nitrogen and oxygen atoms in total. The molecule has 0 atom stereocenters. The number of carbonyl (C=O) groups is 1. The lowest BCUT2D eigenvalue weighted by Crippen LogP contribution is -2.54. The summed E-state index contributed by atoms with van der Waals surface area (Å²) < 4.78 is 15.0. The molecule has 2 amide bonds. The van der Waals surface area contributed by atoms with Gasteiger partial charge in [0.15, 0.2) is 0 Å². The number of nitrogens with one attached hydrogen (secondary N) is 1. The average Bonchev–Trinajstić information content (AvgIpc) is 2.65. The van der Waals surface area contributed by atoms with Gasteiger partial charge in [-0.2, -0.15) is 5.10 Å². The molecule has 27 heavy (non-hydrogen) atoms. The summed E-state index contributed by atoms with van der Waals surface area (Å²) in [7, 11) is 0. The fourth-order valence-electron chi connectivity index (χ4n) is 2.90. The minimum absolute atomic E-state index is 0.126. The molecule has 0 bridgehead atoms. The number of likely N-dealkylation sites (tertiary alicyclic amines) is 1. The van der Waals surface area contributed by atoms with Gasteiger partial charge in [0.25, 0.3) is 5.56 Å². The van der Waals surface area contributed by atoms with E-state index in [0.717, 1.165) is 5.56 Å². The molecule has 0 spiro atoms. The fourth-order valence-corrected chi connectivity index (χ4v) is 2.90. The van der Waals surface area contributed by atoms with E-state index in [2.05, 4.69) is 15.4 Å². The van der Waals surface area contributed by atoms with Crippen molar-refractivity contribution in [3.63, 3.8) is 0 Å². The maximum Gasteiger partial charge on any atom is 0.322 e. The van der Waals surface area contributed by atoms with Gasteiger partial charge in [-0.3, -0.25) is 9.78 Å². The number of nitrogens with zero attached hydrogens (tertiary/aromatic N) is 4. The lowest BCUT2D eigenvalue weighted by Gasteiger charge is -2.39. The third-order valence-corrected chi connectivity index (χ3v) is 4.41. The van der Waals surface area contributed by atoms with Crippen molar-refractivity contribution in [2.24, 2.45) is 0 Å². The third kappa shape index (κ3) is 3.41. The third-order valence-electron chi connectivity index (χ3n) is 4.41. The van der Waals surface area contributed by atoms with Crippen molar-refractivity contribution in [3.05, 3.63) is 77.1 Å². The van der Waals surface area contributed by atoms with Crippen LogP contribution in [-0.4, -0.2) is 38.8 Å². The van der Waals surface area contributed by atoms with Gasteiger partial charge in [-0.15, -0.1) is 0 Å². The van der Waals surface area contributed by atoms with Crippen LogP contribution in [0.2, 0.25) is 0 Å². The van der Waals surface area contributed by atoms with Gasteiger partial charge in [-0.05, 0) is 30.3 Å². The lowest BCUT2D eigenvalue weighted by molar-refractivity contribution is 0.125. The van der Waals surface area contributed by atoms with E-state index in [9.17, 15) is 14.0 Å². The molecule has 1 aliphatic rings. The number of benzene rings is 1. The fraction of sp³-hybridized carbons (Fsp3) is 0.158. The van der Waals surface area contributed by atoms with Crippen LogP contribution in [0.1, 0.15) is 6.04 Å². The second-order valence-electron chi connectivity index (χ2n) is 6.21. The largest absolute Gasteiger partial charge is 0.322 e. The predicted molar refractivity (Wildman–Crippen MR) is 97.8 cm³/mol. The molecule has 1 fully saturated rings. The lowest BCUT2D eigenvalue weighted by atomic mass is 10.1. The van der Waals surface area contributed by atoms with Gasteiger partial charge in [-0.25, -0.2) is 13.9 Å². The van der Waals surface area contributed by atoms with Crippen molar-refractivity contribution in [1.29, 1.82) is 0 Å². The van der Waals surface area contributed by atoms with E-state index < -0.39 is 11.8 Å². The van der Waals surface area contributed by atoms with Crippen molar-refractivity contribution >= 4 is 11.7 Å². The molecule has 3 aromatic rings. The van der Waals surface area contributed by atoms with Crippen LogP contribution in [0.25, 0.3) is 11.3 Å². The second kappa shape index (κ2) is 6.99. The highest BCUT2D eigenvalue weighted by atomic mass is 19.1. The maximum atomic E-state index is 13.6. The molecular formula is C19H16FN5O2. The van der Waals surface area contributed by atoms with E-state index in [1.165, 1.54) is 27.8 Å². The highest BCUT2D eigenvalue weighted by Gasteiger charge is 2.33. The van der Waals surface area contributed by atoms with Gasteiger partial charge >= 0.3 is 6.03 Å². The van der Waals surface area contributed by atoms with Crippen LogP contribution in [0.4, 0.5) is 14.9 Å². The maximum absolute atomic E-state index is 13.6. The SMILES string of the molecule is O=C(Nc1ccccc1F)N1CC(n2nc(-c3ccncc3)ccc2=O)C1. The zero-order valence-corrected chi connectivity index (χ0v) is 14.2. The summed E-state index contributed by atoms with van der Waals surface area (Å²) in [5.41, 5.74) is 1.41. The molecule has 136 valence electrons. The minimum Gasteiger partial charge on any atom is -0.320 e. The van der Waals surface area contributed by atoms with Gasteiger partial charge in [0, 0.05) is 37.1 Å². The van der Waals surface area contributed by atoms with Gasteiger partial charge in [0.05, 0.1) is 17.4 Å². The molecule has 0 radical (unpaired) electrons. The molecular weight excluding hydrogens is 349 g/mol. The summed E-state index contributed by atoms with van der Waals surface area (Å²) in [5, 5.41) is 6.95. The molecule has 1 N–H and O–H groups in total. The topological polar surface area (TPSA) is 80.1 Å². The second-order valence-corrected chi connectivity index (χ2v) is 6.21. The first-order valence-corrected chi connectivity index (χ1v) is 8.42. The van der Waals surface area contributed by atoms with Gasteiger partial charge in [0.1, 0.15) is 5.82 Å². The molecule has 1 aromatic carbocycles. The summed E-state index contributed by atoms with van der Waals surface area (Å²) in [6, 6.07) is 12.1. The summed E-state index contributed by atoms with van der Waals surface area (Å²) in [6.07, 6.45) is 3.31. The zero-order chi connectivity index (χ0) is 18.8. The van der Waals surface area contributed by atoms with Gasteiger partial charge in [0.2, 0.25) is 0 Å². The van der Waals surface area contributed by atoms with Crippen LogP contribution in [0.5, 0.6) is 0 Å². The Morgan fingerprint density at radius 2 is 1.81 bits per heavy atom. The first-order chi connectivity index (χ1) is 13.1. The molecule has 2 aromatic heterocycles. The zero-order valence-electron chi connectivity index (χ0n) is 14.2. The van der Waals surface area contributed by atoms with Crippen LogP contribution in [0, 0.1) is 5.82 Å². The predicted octanol–water partition coefficient (Wildman–Crippen LogP) is 2.53. The van der Waals surface area contributed by atoms with Crippen LogP contribution >= 0.6 is 0 Å². The van der Waals surface area contributed by atoms with E-state index in [1.54, 1.807) is 30.6 Å². The Labute approximate surface area is 154 Å². The molecule has 4 rings (SSSR count). The minimum atomic E-state index is -0.495. The molecule has 0 unspecified atom stereocenters. The Bertz CT molecular complexity index is 1030. The molecule has 0 aliphatic carbocycles. The molecule has 8 heteroatoms. The van der Waals surface area contributed by atoms with Gasteiger partial charge < -0.3 is 10.2 Å². The van der Waals surface area contributed by atoms with Crippen molar-refractivity contribution < 1.29 is 9.18 Å². The number of amides is 2. The number of hydrogen-bond acceptors (Lipinski definition) is 4. The summed E-state index contributed by atoms with van der Waals surface area (Å²) in [5.74, 6) is -0.495. The van der Waals surface area contributed by atoms with Crippen molar-refractivity contribution in [2.45, 2.75) is 6.04 Å². The number of aromatic nitrogens is 3. The highest BCUT2D eigenvalue weighted by molar-refractivity contribution is 5.90. The monoisotopic (exact) mass is 365 g/mol. The number of hydrogen-bond donors (Lipinski definition) is 1. The number of halogens is 1. The molecule has 0 saturated carbocycles. The molecule has 1 aliphatic heterocycles. The number of anilines is 1. The number of para-hydroxylation sites is 1. The smallest absolute Gasteiger partial charge is 0.320 e. The van der Waals surface area contributed by atoms with Crippen LogP contribution in [0.15, 0.2) is 65.7 Å². The van der Waals surface area contributed by atoms with Crippen LogP contribution < -0.4 is 10.9 Å². The molecule has 1 saturated heterocycles. The van der Waals surface area contributed by atoms with Crippen molar-refractivity contribution in [1.82, 2.24) is 19.7 Å². The van der Waals surface area contributed by atoms with E-state index in [-0.39, 0.29) is 17.3 Å². The number of rotatable bonds is 3. The normalized spacial score (nSPS) is 13.9. The van der Waals surface area contributed by atoms with Crippen LogP contribution in [0.3, 0.4) is 0 Å². The average molecular weight is 365 g/mol. The van der Waals surface area contributed by atoms with E-state index >= 15 is 0 Å². The van der Waals surface area contributed by atoms with Gasteiger partial charge in [-0.1, -0.05) is 12.1 Å². The standard InChI is InChI=1S/C19H16FN5O2/c20-15-3-1-2-4-17(15)22-19(27)24-11-14(12-24)25-18(26)6-5-16(23-25)13-7-9-21-10-8-13/h1-10,14H,11-12H2,(H,22,27). The van der Waals surface area contributed by atoms with Crippen molar-refractivity contribution in [2.75, 3.05) is 18.4 Å². The van der Waals surface area contributed by atoms with E-state index in [4.69, 9.17) is 0 Å². The Balaban J connectivity index is 1.46. The summed E-state index contributed by atoms with van der Waals surface area (Å²) in [6.45, 7) is 0.653. The number of urea groups is 1. The Morgan fingerprint density at radius 3 is 2.56 bits per heavy atom. The quantitative estimate of drug-likeness (QED) is 0.773. The first kappa shape index (κ1) is 16.9. The molecule has 3 heterocycles.